The number of hydrogen-bond donors (Lipinski definition) is 1. The van der Waals surface area contributed by atoms with Crippen molar-refractivity contribution in [2.45, 2.75) is 29.0 Å². The zero-order valence-corrected chi connectivity index (χ0v) is 10.5. The molecule has 2 rings (SSSR count). The number of hydrogen-bond acceptors (Lipinski definition) is 6. The Morgan fingerprint density at radius 2 is 2.38 bits per heavy atom. The Morgan fingerprint density at radius 3 is 3.12 bits per heavy atom. The Balaban J connectivity index is 2.11. The highest BCUT2D eigenvalue weighted by Gasteiger charge is 2.07. The molecule has 0 saturated carbocycles. The Kier molecular flexibility index (Phi) is 3.74. The quantitative estimate of drug-likeness (QED) is 0.906. The second-order valence-corrected chi connectivity index (χ2v) is 5.28. The second-order valence-electron chi connectivity index (χ2n) is 3.24. The van der Waals surface area contributed by atoms with Gasteiger partial charge in [0.2, 0.25) is 0 Å². The first-order valence-corrected chi connectivity index (χ1v) is 6.58. The number of nitrogen functional groups attached to an aromatic ring is 1. The molecule has 4 nitrogen and oxygen atoms in total. The fourth-order valence-electron chi connectivity index (χ4n) is 1.19. The van der Waals surface area contributed by atoms with Crippen molar-refractivity contribution in [2.75, 3.05) is 5.73 Å². The summed E-state index contributed by atoms with van der Waals surface area (Å²) in [6.07, 6.45) is 5.38. The van der Waals surface area contributed by atoms with Crippen molar-refractivity contribution in [2.24, 2.45) is 0 Å². The van der Waals surface area contributed by atoms with Crippen LogP contribution in [-0.4, -0.2) is 14.3 Å². The van der Waals surface area contributed by atoms with Gasteiger partial charge in [-0.2, -0.15) is 4.37 Å². The van der Waals surface area contributed by atoms with Crippen molar-refractivity contribution < 1.29 is 0 Å². The lowest BCUT2D eigenvalue weighted by atomic mass is 10.3. The monoisotopic (exact) mass is 252 g/mol. The van der Waals surface area contributed by atoms with E-state index in [1.165, 1.54) is 11.5 Å². The summed E-state index contributed by atoms with van der Waals surface area (Å²) in [5, 5.41) is 0. The maximum atomic E-state index is 5.81. The van der Waals surface area contributed by atoms with Gasteiger partial charge in [-0.05, 0) is 24.0 Å². The van der Waals surface area contributed by atoms with E-state index >= 15 is 0 Å². The average molecular weight is 252 g/mol. The molecule has 2 N–H and O–H groups in total. The third-order valence-corrected chi connectivity index (χ3v) is 3.81. The topological polar surface area (TPSA) is 64.7 Å². The van der Waals surface area contributed by atoms with Crippen LogP contribution >= 0.6 is 23.3 Å². The van der Waals surface area contributed by atoms with Crippen LogP contribution in [0.3, 0.4) is 0 Å². The van der Waals surface area contributed by atoms with E-state index < -0.39 is 0 Å². The molecule has 0 spiro atoms. The summed E-state index contributed by atoms with van der Waals surface area (Å²) in [6.45, 7) is 2.12. The summed E-state index contributed by atoms with van der Waals surface area (Å²) < 4.78 is 5.22. The number of aromatic nitrogens is 3. The van der Waals surface area contributed by atoms with Crippen molar-refractivity contribution in [3.8, 4) is 0 Å². The van der Waals surface area contributed by atoms with Crippen LogP contribution in [0.4, 0.5) is 5.69 Å². The number of rotatable bonds is 4. The van der Waals surface area contributed by atoms with E-state index in [2.05, 4.69) is 21.3 Å². The Morgan fingerprint density at radius 1 is 1.50 bits per heavy atom. The molecule has 0 aliphatic carbocycles. The van der Waals surface area contributed by atoms with Crippen LogP contribution in [0.1, 0.15) is 19.2 Å². The van der Waals surface area contributed by atoms with Crippen LogP contribution in [0.15, 0.2) is 27.7 Å². The van der Waals surface area contributed by atoms with Crippen molar-refractivity contribution in [3.05, 3.63) is 24.3 Å². The maximum absolute atomic E-state index is 5.81. The highest BCUT2D eigenvalue weighted by molar-refractivity contribution is 8.01. The summed E-state index contributed by atoms with van der Waals surface area (Å²) in [7, 11) is 0. The molecule has 2 heterocycles. The first-order chi connectivity index (χ1) is 7.79. The lowest BCUT2D eigenvalue weighted by Gasteiger charge is -1.99. The lowest BCUT2D eigenvalue weighted by molar-refractivity contribution is 0.850. The van der Waals surface area contributed by atoms with Gasteiger partial charge in [-0.15, -0.1) is 0 Å². The van der Waals surface area contributed by atoms with Gasteiger partial charge >= 0.3 is 0 Å². The van der Waals surface area contributed by atoms with E-state index in [1.54, 1.807) is 24.2 Å². The first kappa shape index (κ1) is 11.3. The zero-order valence-electron chi connectivity index (χ0n) is 8.88. The average Bonchev–Trinajstić information content (AvgIpc) is 2.70. The van der Waals surface area contributed by atoms with Gasteiger partial charge in [0.25, 0.3) is 0 Å². The number of nitrogens with zero attached hydrogens (tertiary/aromatic N) is 3. The first-order valence-electron chi connectivity index (χ1n) is 4.99. The van der Waals surface area contributed by atoms with Crippen LogP contribution < -0.4 is 5.73 Å². The molecule has 0 bridgehead atoms. The predicted molar refractivity (Wildman–Crippen MR) is 66.7 cm³/mol. The number of pyridine rings is 1. The van der Waals surface area contributed by atoms with E-state index in [-0.39, 0.29) is 0 Å². The van der Waals surface area contributed by atoms with Gasteiger partial charge in [0, 0.05) is 17.5 Å². The fraction of sp³-hybridized carbons (Fsp3) is 0.300. The second kappa shape index (κ2) is 5.27. The third kappa shape index (κ3) is 2.70. The van der Waals surface area contributed by atoms with Crippen molar-refractivity contribution in [1.82, 2.24) is 14.3 Å². The minimum atomic E-state index is 0.680. The van der Waals surface area contributed by atoms with Gasteiger partial charge < -0.3 is 5.73 Å². The van der Waals surface area contributed by atoms with Gasteiger partial charge in [-0.3, -0.25) is 4.98 Å². The maximum Gasteiger partial charge on any atom is 0.174 e. The molecule has 0 aromatic carbocycles. The SMILES string of the molecule is CCCc1nsc(Sc2ccncc2N)n1. The molecule has 0 fully saturated rings. The third-order valence-electron chi connectivity index (χ3n) is 1.93. The molecular formula is C10H12N4S2. The van der Waals surface area contributed by atoms with Gasteiger partial charge in [-0.25, -0.2) is 4.98 Å². The predicted octanol–water partition coefficient (Wildman–Crippen LogP) is 2.62. The van der Waals surface area contributed by atoms with E-state index in [1.807, 2.05) is 6.07 Å². The van der Waals surface area contributed by atoms with Crippen LogP contribution in [0, 0.1) is 0 Å². The smallest absolute Gasteiger partial charge is 0.174 e. The Bertz CT molecular complexity index is 469. The van der Waals surface area contributed by atoms with Gasteiger partial charge in [0.1, 0.15) is 5.82 Å². The minimum Gasteiger partial charge on any atom is -0.397 e. The highest BCUT2D eigenvalue weighted by Crippen LogP contribution is 2.32. The van der Waals surface area contributed by atoms with Gasteiger partial charge in [-0.1, -0.05) is 18.7 Å². The van der Waals surface area contributed by atoms with Crippen molar-refractivity contribution >= 4 is 29.0 Å². The van der Waals surface area contributed by atoms with Crippen molar-refractivity contribution in [3.63, 3.8) is 0 Å². The fourth-order valence-corrected chi connectivity index (χ4v) is 2.82. The number of aryl methyl sites for hydroxylation is 1. The molecule has 16 heavy (non-hydrogen) atoms. The summed E-state index contributed by atoms with van der Waals surface area (Å²) >= 11 is 2.96. The summed E-state index contributed by atoms with van der Waals surface area (Å²) in [4.78, 5) is 9.36. The van der Waals surface area contributed by atoms with E-state index in [0.29, 0.717) is 5.69 Å². The molecule has 0 unspecified atom stereocenters. The van der Waals surface area contributed by atoms with Crippen molar-refractivity contribution in [1.29, 1.82) is 0 Å². The molecular weight excluding hydrogens is 240 g/mol. The lowest BCUT2D eigenvalue weighted by Crippen LogP contribution is -1.89. The number of anilines is 1. The van der Waals surface area contributed by atoms with Crippen LogP contribution in [-0.2, 0) is 6.42 Å². The van der Waals surface area contributed by atoms with Gasteiger partial charge in [0.05, 0.1) is 11.9 Å². The van der Waals surface area contributed by atoms with Crippen LogP contribution in [0.2, 0.25) is 0 Å². The Hall–Kier alpha value is -1.14. The molecule has 0 aliphatic heterocycles. The summed E-state index contributed by atoms with van der Waals surface area (Å²) in [5.41, 5.74) is 6.49. The molecule has 2 aromatic rings. The minimum absolute atomic E-state index is 0.680. The normalized spacial score (nSPS) is 10.6. The molecule has 0 amide bonds. The molecule has 0 atom stereocenters. The van der Waals surface area contributed by atoms with E-state index in [9.17, 15) is 0 Å². The molecule has 0 aliphatic rings. The summed E-state index contributed by atoms with van der Waals surface area (Å²) in [5.74, 6) is 0.919. The largest absolute Gasteiger partial charge is 0.397 e. The summed E-state index contributed by atoms with van der Waals surface area (Å²) in [6, 6.07) is 1.89. The van der Waals surface area contributed by atoms with E-state index in [4.69, 9.17) is 5.73 Å². The molecule has 0 radical (unpaired) electrons. The standard InChI is InChI=1S/C10H12N4S2/c1-2-3-9-13-10(16-14-9)15-8-4-5-12-6-7(8)11/h4-6H,2-3,11H2,1H3. The van der Waals surface area contributed by atoms with E-state index in [0.717, 1.165) is 27.9 Å². The Labute approximate surface area is 102 Å². The molecule has 84 valence electrons. The van der Waals surface area contributed by atoms with Gasteiger partial charge in [0.15, 0.2) is 4.34 Å². The molecule has 0 saturated heterocycles. The van der Waals surface area contributed by atoms with Crippen LogP contribution in [0.25, 0.3) is 0 Å². The zero-order chi connectivity index (χ0) is 11.4. The highest BCUT2D eigenvalue weighted by atomic mass is 32.2. The molecule has 6 heteroatoms. The molecule has 2 aromatic heterocycles. The number of nitrogens with two attached hydrogens (primary N) is 1. The van der Waals surface area contributed by atoms with Crippen LogP contribution in [0.5, 0.6) is 0 Å².